The molecule has 2 aromatic carbocycles. The highest BCUT2D eigenvalue weighted by Crippen LogP contribution is 2.35. The SMILES string of the molecule is C=C[C@H](C)Nc1nc2c(c(=O)n1-c1ccc(C(=O)NC)cc1)CCN(C(=O)c1ccc(Br)c(C(F)(F)F)c1)C2. The first-order chi connectivity index (χ1) is 18.4. The van der Waals surface area contributed by atoms with Crippen LogP contribution in [0.4, 0.5) is 19.1 Å². The van der Waals surface area contributed by atoms with Gasteiger partial charge in [-0.25, -0.2) is 9.55 Å². The Morgan fingerprint density at radius 2 is 1.82 bits per heavy atom. The van der Waals surface area contributed by atoms with Crippen molar-refractivity contribution in [2.75, 3.05) is 18.9 Å². The Bertz CT molecular complexity index is 1500. The van der Waals surface area contributed by atoms with Crippen molar-refractivity contribution >= 4 is 33.7 Å². The van der Waals surface area contributed by atoms with Gasteiger partial charge in [-0.2, -0.15) is 13.2 Å². The number of hydrogen-bond acceptors (Lipinski definition) is 5. The van der Waals surface area contributed by atoms with Crippen molar-refractivity contribution in [2.45, 2.75) is 32.1 Å². The number of hydrogen-bond donors (Lipinski definition) is 2. The van der Waals surface area contributed by atoms with E-state index in [-0.39, 0.29) is 53.0 Å². The summed E-state index contributed by atoms with van der Waals surface area (Å²) in [5.41, 5.74) is 0.250. The number of nitrogens with one attached hydrogen (secondary N) is 2. The van der Waals surface area contributed by atoms with Crippen LogP contribution in [-0.4, -0.2) is 45.9 Å². The van der Waals surface area contributed by atoms with Crippen LogP contribution in [0, 0.1) is 0 Å². The summed E-state index contributed by atoms with van der Waals surface area (Å²) in [5, 5.41) is 5.67. The van der Waals surface area contributed by atoms with Crippen molar-refractivity contribution < 1.29 is 22.8 Å². The number of nitrogens with zero attached hydrogens (tertiary/aromatic N) is 3. The molecule has 0 saturated heterocycles. The lowest BCUT2D eigenvalue weighted by molar-refractivity contribution is -0.138. The second-order valence-electron chi connectivity index (χ2n) is 8.97. The first kappa shape index (κ1) is 28.1. The molecule has 0 spiro atoms. The van der Waals surface area contributed by atoms with Gasteiger partial charge in [0.05, 0.1) is 23.5 Å². The summed E-state index contributed by atoms with van der Waals surface area (Å²) < 4.78 is 41.4. The van der Waals surface area contributed by atoms with Crippen LogP contribution in [0.5, 0.6) is 0 Å². The zero-order valence-electron chi connectivity index (χ0n) is 21.1. The molecule has 0 radical (unpaired) electrons. The lowest BCUT2D eigenvalue weighted by Gasteiger charge is -2.29. The molecule has 1 aliphatic rings. The van der Waals surface area contributed by atoms with Crippen LogP contribution in [-0.2, 0) is 19.1 Å². The Hall–Kier alpha value is -3.93. The van der Waals surface area contributed by atoms with Gasteiger partial charge in [0, 0.05) is 40.8 Å². The van der Waals surface area contributed by atoms with E-state index in [2.05, 4.69) is 38.1 Å². The van der Waals surface area contributed by atoms with Gasteiger partial charge in [0.15, 0.2) is 0 Å². The Kier molecular flexibility index (Phi) is 7.96. The van der Waals surface area contributed by atoms with Crippen molar-refractivity contribution in [2.24, 2.45) is 0 Å². The van der Waals surface area contributed by atoms with Crippen LogP contribution in [0.25, 0.3) is 5.69 Å². The summed E-state index contributed by atoms with van der Waals surface area (Å²) in [6.45, 7) is 5.65. The molecule has 1 aromatic heterocycles. The first-order valence-corrected chi connectivity index (χ1v) is 12.8. The van der Waals surface area contributed by atoms with E-state index in [4.69, 9.17) is 0 Å². The largest absolute Gasteiger partial charge is 0.417 e. The normalized spacial score (nSPS) is 13.8. The molecular weight excluding hydrogens is 579 g/mol. The van der Waals surface area contributed by atoms with Gasteiger partial charge in [-0.05, 0) is 55.8 Å². The standard InChI is InChI=1S/C27H25BrF3N5O3/c1-4-15(2)33-26-34-22-14-35(24(38)17-7-10-21(28)20(13-17)27(29,30)31)12-11-19(22)25(39)36(26)18-8-5-16(6-9-18)23(37)32-3/h4-10,13,15H,1,11-12,14H2,2-3H3,(H,32,37)(H,33,34)/t15-/m0/s1. The Morgan fingerprint density at radius 1 is 1.15 bits per heavy atom. The molecule has 12 heteroatoms. The van der Waals surface area contributed by atoms with E-state index in [0.717, 1.165) is 6.07 Å². The molecule has 8 nitrogen and oxygen atoms in total. The predicted molar refractivity (Wildman–Crippen MR) is 144 cm³/mol. The average molecular weight is 604 g/mol. The van der Waals surface area contributed by atoms with Gasteiger partial charge in [-0.1, -0.05) is 22.0 Å². The van der Waals surface area contributed by atoms with E-state index in [0.29, 0.717) is 22.5 Å². The van der Waals surface area contributed by atoms with E-state index in [1.165, 1.54) is 28.6 Å². The van der Waals surface area contributed by atoms with Crippen molar-refractivity contribution in [1.29, 1.82) is 0 Å². The van der Waals surface area contributed by atoms with Crippen LogP contribution in [0.15, 0.2) is 64.4 Å². The van der Waals surface area contributed by atoms with Gasteiger partial charge >= 0.3 is 6.18 Å². The van der Waals surface area contributed by atoms with Gasteiger partial charge in [0.25, 0.3) is 17.4 Å². The number of carbonyl (C=O) groups is 2. The molecule has 2 amide bonds. The average Bonchev–Trinajstić information content (AvgIpc) is 2.91. The molecule has 2 heterocycles. The van der Waals surface area contributed by atoms with E-state index < -0.39 is 17.6 Å². The molecule has 4 rings (SSSR count). The third-order valence-corrected chi connectivity index (χ3v) is 7.06. The zero-order valence-corrected chi connectivity index (χ0v) is 22.7. The summed E-state index contributed by atoms with van der Waals surface area (Å²) in [5.74, 6) is -0.659. The fourth-order valence-corrected chi connectivity index (χ4v) is 4.70. The van der Waals surface area contributed by atoms with E-state index in [1.807, 2.05) is 6.92 Å². The minimum absolute atomic E-state index is 0.0472. The quantitative estimate of drug-likeness (QED) is 0.403. The maximum absolute atomic E-state index is 13.7. The monoisotopic (exact) mass is 603 g/mol. The summed E-state index contributed by atoms with van der Waals surface area (Å²) >= 11 is 2.89. The Labute approximate surface area is 230 Å². The van der Waals surface area contributed by atoms with Crippen LogP contribution in [0.2, 0.25) is 0 Å². The predicted octanol–water partition coefficient (Wildman–Crippen LogP) is 4.56. The molecule has 3 aromatic rings. The second-order valence-corrected chi connectivity index (χ2v) is 9.82. The fraction of sp³-hybridized carbons (Fsp3) is 0.259. The molecule has 204 valence electrons. The molecule has 1 atom stereocenters. The topological polar surface area (TPSA) is 96.3 Å². The van der Waals surface area contributed by atoms with E-state index >= 15 is 0 Å². The van der Waals surface area contributed by atoms with Gasteiger partial charge in [0.1, 0.15) is 0 Å². The molecule has 0 bridgehead atoms. The first-order valence-electron chi connectivity index (χ1n) is 12.0. The number of amides is 2. The van der Waals surface area contributed by atoms with Crippen LogP contribution >= 0.6 is 15.9 Å². The summed E-state index contributed by atoms with van der Waals surface area (Å²) in [6, 6.07) is 9.51. The number of rotatable bonds is 6. The summed E-state index contributed by atoms with van der Waals surface area (Å²) in [4.78, 5) is 44.8. The molecule has 0 aliphatic carbocycles. The maximum atomic E-state index is 13.7. The van der Waals surface area contributed by atoms with Crippen molar-refractivity contribution in [3.63, 3.8) is 0 Å². The molecule has 39 heavy (non-hydrogen) atoms. The number of anilines is 1. The minimum Gasteiger partial charge on any atom is -0.355 e. The zero-order chi connectivity index (χ0) is 28.5. The number of carbonyl (C=O) groups excluding carboxylic acids is 2. The number of alkyl halides is 3. The Morgan fingerprint density at radius 3 is 2.44 bits per heavy atom. The lowest BCUT2D eigenvalue weighted by atomic mass is 10.0. The maximum Gasteiger partial charge on any atom is 0.417 e. The number of benzene rings is 2. The second kappa shape index (κ2) is 11.0. The number of fused-ring (bicyclic) bond motifs is 1. The highest BCUT2D eigenvalue weighted by atomic mass is 79.9. The third kappa shape index (κ3) is 5.75. The molecule has 1 aliphatic heterocycles. The van der Waals surface area contributed by atoms with Gasteiger partial charge < -0.3 is 15.5 Å². The number of halogens is 4. The van der Waals surface area contributed by atoms with Crippen LogP contribution in [0.1, 0.15) is 44.5 Å². The molecular formula is C27H25BrF3N5O3. The smallest absolute Gasteiger partial charge is 0.355 e. The summed E-state index contributed by atoms with van der Waals surface area (Å²) in [7, 11) is 1.52. The summed E-state index contributed by atoms with van der Waals surface area (Å²) in [6.07, 6.45) is -2.83. The third-order valence-electron chi connectivity index (χ3n) is 6.37. The highest BCUT2D eigenvalue weighted by Gasteiger charge is 2.34. The van der Waals surface area contributed by atoms with Crippen molar-refractivity contribution in [3.05, 3.63) is 97.9 Å². The van der Waals surface area contributed by atoms with Crippen LogP contribution < -0.4 is 16.2 Å². The minimum atomic E-state index is -4.63. The molecule has 0 saturated carbocycles. The van der Waals surface area contributed by atoms with Gasteiger partial charge in [-0.15, -0.1) is 6.58 Å². The highest BCUT2D eigenvalue weighted by molar-refractivity contribution is 9.10. The van der Waals surface area contributed by atoms with Gasteiger partial charge in [0.2, 0.25) is 5.95 Å². The van der Waals surface area contributed by atoms with Crippen LogP contribution in [0.3, 0.4) is 0 Å². The van der Waals surface area contributed by atoms with E-state index in [9.17, 15) is 27.6 Å². The van der Waals surface area contributed by atoms with Crippen molar-refractivity contribution in [3.8, 4) is 5.69 Å². The van der Waals surface area contributed by atoms with Crippen molar-refractivity contribution in [1.82, 2.24) is 19.8 Å². The molecule has 0 fully saturated rings. The number of aromatic nitrogens is 2. The lowest BCUT2D eigenvalue weighted by Crippen LogP contribution is -2.41. The van der Waals surface area contributed by atoms with Gasteiger partial charge in [-0.3, -0.25) is 14.4 Å². The Balaban J connectivity index is 1.72. The van der Waals surface area contributed by atoms with E-state index in [1.54, 1.807) is 30.3 Å². The molecule has 2 N–H and O–H groups in total. The molecule has 0 unspecified atom stereocenters. The fourth-order valence-electron chi connectivity index (χ4n) is 4.23.